The maximum Gasteiger partial charge on any atom is 0.160 e. The zero-order chi connectivity index (χ0) is 18.1. The van der Waals surface area contributed by atoms with Gasteiger partial charge in [0, 0.05) is 25.1 Å². The van der Waals surface area contributed by atoms with Gasteiger partial charge in [0.1, 0.15) is 5.78 Å². The van der Waals surface area contributed by atoms with Gasteiger partial charge in [-0.25, -0.2) is 0 Å². The summed E-state index contributed by atoms with van der Waals surface area (Å²) in [5.41, 5.74) is 2.19. The largest absolute Gasteiger partial charge is 0.493 e. The summed E-state index contributed by atoms with van der Waals surface area (Å²) < 4.78 is 10.7. The molecule has 4 heteroatoms. The molecule has 0 heterocycles. The number of hydrogen-bond donors (Lipinski definition) is 0. The topological polar surface area (TPSA) is 47.9 Å². The molecule has 0 radical (unpaired) electrons. The number of unbranched alkanes of at least 4 members (excludes halogenated alkanes) is 4. The van der Waals surface area contributed by atoms with Crippen LogP contribution in [0.15, 0.2) is 23.2 Å². The summed E-state index contributed by atoms with van der Waals surface area (Å²) in [7, 11) is 3.27. The molecule has 1 atom stereocenters. The molecule has 0 bridgehead atoms. The second-order valence-electron chi connectivity index (χ2n) is 6.80. The number of nitrogens with zero attached hydrogens (tertiary/aromatic N) is 1. The van der Waals surface area contributed by atoms with Gasteiger partial charge in [0.05, 0.1) is 14.2 Å². The van der Waals surface area contributed by atoms with E-state index in [-0.39, 0.29) is 11.7 Å². The van der Waals surface area contributed by atoms with E-state index in [4.69, 9.17) is 14.5 Å². The van der Waals surface area contributed by atoms with Crippen LogP contribution < -0.4 is 9.47 Å². The fourth-order valence-electron chi connectivity index (χ4n) is 3.42. The average Bonchev–Trinajstić information content (AvgIpc) is 2.63. The molecule has 4 nitrogen and oxygen atoms in total. The second-order valence-corrected chi connectivity index (χ2v) is 6.80. The Morgan fingerprint density at radius 3 is 2.52 bits per heavy atom. The molecule has 1 aromatic carbocycles. The van der Waals surface area contributed by atoms with E-state index in [1.165, 1.54) is 25.7 Å². The average molecular weight is 345 g/mol. The molecule has 2 rings (SSSR count). The first-order chi connectivity index (χ1) is 12.2. The standard InChI is InChI=1S/C21H31NO3/c1-4-5-6-7-8-11-22-18-12-17(13-19(23)15-18)16-9-10-20(24-2)21(14-16)25-3/h9-10,14,17H,4-8,11-13,15H2,1-3H3/t17-/m1/s1. The molecule has 0 unspecified atom stereocenters. The first-order valence-corrected chi connectivity index (χ1v) is 9.43. The van der Waals surface area contributed by atoms with Gasteiger partial charge in [-0.05, 0) is 36.5 Å². The van der Waals surface area contributed by atoms with Crippen LogP contribution in [0.3, 0.4) is 0 Å². The molecule has 1 aliphatic rings. The fourth-order valence-corrected chi connectivity index (χ4v) is 3.42. The summed E-state index contributed by atoms with van der Waals surface area (Å²) in [5.74, 6) is 1.91. The molecule has 1 saturated carbocycles. The molecule has 0 N–H and O–H groups in total. The minimum Gasteiger partial charge on any atom is -0.493 e. The number of rotatable bonds is 9. The van der Waals surface area contributed by atoms with Crippen molar-refractivity contribution in [1.29, 1.82) is 0 Å². The van der Waals surface area contributed by atoms with E-state index < -0.39 is 0 Å². The number of carbonyl (C=O) groups excluding carboxylic acids is 1. The van der Waals surface area contributed by atoms with Crippen LogP contribution in [0.25, 0.3) is 0 Å². The minimum atomic E-state index is 0.194. The Morgan fingerprint density at radius 1 is 1.04 bits per heavy atom. The molecule has 0 aliphatic heterocycles. The van der Waals surface area contributed by atoms with Gasteiger partial charge in [0.2, 0.25) is 0 Å². The summed E-state index contributed by atoms with van der Waals surface area (Å²) in [6.07, 6.45) is 8.19. The van der Waals surface area contributed by atoms with Crippen LogP contribution in [0.4, 0.5) is 0 Å². The Balaban J connectivity index is 1.98. The number of hydrogen-bond acceptors (Lipinski definition) is 4. The summed E-state index contributed by atoms with van der Waals surface area (Å²) in [6, 6.07) is 5.94. The van der Waals surface area contributed by atoms with Gasteiger partial charge in [0.25, 0.3) is 0 Å². The Hall–Kier alpha value is -1.84. The molecular weight excluding hydrogens is 314 g/mol. The molecule has 0 saturated heterocycles. The number of ketones is 1. The van der Waals surface area contributed by atoms with Crippen LogP contribution in [0, 0.1) is 0 Å². The van der Waals surface area contributed by atoms with E-state index in [1.807, 2.05) is 18.2 Å². The predicted molar refractivity (Wildman–Crippen MR) is 102 cm³/mol. The Bertz CT molecular complexity index is 595. The van der Waals surface area contributed by atoms with Gasteiger partial charge < -0.3 is 9.47 Å². The Labute approximate surface area is 151 Å². The molecule has 1 fully saturated rings. The van der Waals surface area contributed by atoms with Crippen molar-refractivity contribution in [2.45, 2.75) is 64.2 Å². The molecule has 138 valence electrons. The Morgan fingerprint density at radius 2 is 1.80 bits per heavy atom. The summed E-state index contributed by atoms with van der Waals surface area (Å²) in [5, 5.41) is 0. The SMILES string of the molecule is CCCCCCCN=C1CC(=O)C[C@H](c2ccc(OC)c(OC)c2)C1. The van der Waals surface area contributed by atoms with E-state index in [0.29, 0.717) is 24.3 Å². The van der Waals surface area contributed by atoms with E-state index in [9.17, 15) is 4.79 Å². The monoisotopic (exact) mass is 345 g/mol. The molecule has 1 aliphatic carbocycles. The van der Waals surface area contributed by atoms with Crippen molar-refractivity contribution in [3.63, 3.8) is 0 Å². The predicted octanol–water partition coefficient (Wildman–Crippen LogP) is 4.95. The van der Waals surface area contributed by atoms with Crippen LogP contribution in [-0.4, -0.2) is 32.3 Å². The summed E-state index contributed by atoms with van der Waals surface area (Å²) >= 11 is 0. The highest BCUT2D eigenvalue weighted by Crippen LogP contribution is 2.35. The van der Waals surface area contributed by atoms with Crippen molar-refractivity contribution in [2.75, 3.05) is 20.8 Å². The first kappa shape index (κ1) is 19.5. The highest BCUT2D eigenvalue weighted by atomic mass is 16.5. The molecule has 25 heavy (non-hydrogen) atoms. The zero-order valence-corrected chi connectivity index (χ0v) is 15.8. The number of carbonyl (C=O) groups is 1. The van der Waals surface area contributed by atoms with Gasteiger partial charge in [-0.15, -0.1) is 0 Å². The fraction of sp³-hybridized carbons (Fsp3) is 0.619. The number of Topliss-reactive ketones (excluding diaryl/α,β-unsaturated/α-hetero) is 1. The third-order valence-electron chi connectivity index (χ3n) is 4.83. The van der Waals surface area contributed by atoms with Crippen molar-refractivity contribution in [3.05, 3.63) is 23.8 Å². The molecule has 0 aromatic heterocycles. The minimum absolute atomic E-state index is 0.194. The Kier molecular flexibility index (Phi) is 7.96. The zero-order valence-electron chi connectivity index (χ0n) is 15.8. The van der Waals surface area contributed by atoms with Crippen molar-refractivity contribution in [2.24, 2.45) is 4.99 Å². The van der Waals surface area contributed by atoms with Crippen LogP contribution in [0.5, 0.6) is 11.5 Å². The third kappa shape index (κ3) is 5.87. The summed E-state index contributed by atoms with van der Waals surface area (Å²) in [4.78, 5) is 16.9. The maximum atomic E-state index is 12.2. The van der Waals surface area contributed by atoms with Gasteiger partial charge in [-0.3, -0.25) is 9.79 Å². The van der Waals surface area contributed by atoms with Crippen molar-refractivity contribution >= 4 is 11.5 Å². The lowest BCUT2D eigenvalue weighted by Crippen LogP contribution is -2.22. The third-order valence-corrected chi connectivity index (χ3v) is 4.83. The lowest BCUT2D eigenvalue weighted by molar-refractivity contribution is -0.118. The molecular formula is C21H31NO3. The van der Waals surface area contributed by atoms with Crippen molar-refractivity contribution in [3.8, 4) is 11.5 Å². The number of ether oxygens (including phenoxy) is 2. The maximum absolute atomic E-state index is 12.2. The van der Waals surface area contributed by atoms with Crippen LogP contribution in [0.1, 0.15) is 69.8 Å². The van der Waals surface area contributed by atoms with Gasteiger partial charge in [0.15, 0.2) is 11.5 Å². The molecule has 0 spiro atoms. The van der Waals surface area contributed by atoms with Crippen LogP contribution in [-0.2, 0) is 4.79 Å². The van der Waals surface area contributed by atoms with E-state index >= 15 is 0 Å². The first-order valence-electron chi connectivity index (χ1n) is 9.43. The molecule has 1 aromatic rings. The molecule has 0 amide bonds. The quantitative estimate of drug-likeness (QED) is 0.595. The van der Waals surface area contributed by atoms with Crippen LogP contribution in [0.2, 0.25) is 0 Å². The van der Waals surface area contributed by atoms with Crippen molar-refractivity contribution in [1.82, 2.24) is 0 Å². The van der Waals surface area contributed by atoms with E-state index in [0.717, 1.165) is 30.7 Å². The summed E-state index contributed by atoms with van der Waals surface area (Å²) in [6.45, 7) is 3.08. The van der Waals surface area contributed by atoms with Gasteiger partial charge in [-0.2, -0.15) is 0 Å². The van der Waals surface area contributed by atoms with Crippen molar-refractivity contribution < 1.29 is 14.3 Å². The lowest BCUT2D eigenvalue weighted by atomic mass is 9.82. The second kappa shape index (κ2) is 10.2. The number of methoxy groups -OCH3 is 2. The smallest absolute Gasteiger partial charge is 0.160 e. The number of aliphatic imine (C=N–C) groups is 1. The normalized spacial score (nSPS) is 19.2. The highest BCUT2D eigenvalue weighted by molar-refractivity contribution is 6.05. The number of benzene rings is 1. The van der Waals surface area contributed by atoms with Gasteiger partial charge >= 0.3 is 0 Å². The van der Waals surface area contributed by atoms with Gasteiger partial charge in [-0.1, -0.05) is 38.7 Å². The lowest BCUT2D eigenvalue weighted by Gasteiger charge is -2.24. The van der Waals surface area contributed by atoms with E-state index in [2.05, 4.69) is 6.92 Å². The van der Waals surface area contributed by atoms with Crippen LogP contribution >= 0.6 is 0 Å². The highest BCUT2D eigenvalue weighted by Gasteiger charge is 2.26. The van der Waals surface area contributed by atoms with E-state index in [1.54, 1.807) is 14.2 Å².